The third-order valence-corrected chi connectivity index (χ3v) is 4.82. The van der Waals surface area contributed by atoms with Crippen molar-refractivity contribution in [2.24, 2.45) is 0 Å². The summed E-state index contributed by atoms with van der Waals surface area (Å²) in [6.45, 7) is 0. The Bertz CT molecular complexity index is 534. The topological polar surface area (TPSA) is 91.5 Å². The maximum Gasteiger partial charge on any atom is 0.339 e. The van der Waals surface area contributed by atoms with Crippen LogP contribution < -0.4 is 11.1 Å². The van der Waals surface area contributed by atoms with E-state index in [9.17, 15) is 9.90 Å². The number of nitrogen functional groups attached to an aromatic ring is 1. The smallest absolute Gasteiger partial charge is 0.339 e. The second kappa shape index (κ2) is 5.52. The zero-order chi connectivity index (χ0) is 15.0. The average Bonchev–Trinajstić information content (AvgIpc) is 2.41. The summed E-state index contributed by atoms with van der Waals surface area (Å²) in [6, 6.07) is 2.94. The molecule has 0 aliphatic carbocycles. The number of fused-ring (bicyclic) bond motifs is 2. The molecular formula is C15H22N4O2. The summed E-state index contributed by atoms with van der Waals surface area (Å²) >= 11 is 0. The van der Waals surface area contributed by atoms with E-state index in [4.69, 9.17) is 5.73 Å². The number of rotatable bonds is 3. The molecule has 2 fully saturated rings. The van der Waals surface area contributed by atoms with Gasteiger partial charge in [-0.25, -0.2) is 9.78 Å². The van der Waals surface area contributed by atoms with Gasteiger partial charge in [-0.2, -0.15) is 0 Å². The Morgan fingerprint density at radius 1 is 1.43 bits per heavy atom. The fourth-order valence-corrected chi connectivity index (χ4v) is 3.69. The number of carboxylic acid groups (broad SMARTS) is 1. The van der Waals surface area contributed by atoms with Crippen LogP contribution in [-0.4, -0.2) is 46.1 Å². The van der Waals surface area contributed by atoms with E-state index in [1.54, 1.807) is 0 Å². The van der Waals surface area contributed by atoms with Crippen LogP contribution in [0.4, 0.5) is 11.5 Å². The first-order chi connectivity index (χ1) is 10.0. The Labute approximate surface area is 124 Å². The average molecular weight is 290 g/mol. The van der Waals surface area contributed by atoms with Crippen molar-refractivity contribution in [3.8, 4) is 0 Å². The molecule has 6 heteroatoms. The second-order valence-corrected chi connectivity index (χ2v) is 6.19. The fraction of sp³-hybridized carbons (Fsp3) is 0.600. The van der Waals surface area contributed by atoms with Gasteiger partial charge in [-0.1, -0.05) is 6.42 Å². The van der Waals surface area contributed by atoms with Crippen LogP contribution in [0.1, 0.15) is 42.5 Å². The molecule has 0 radical (unpaired) electrons. The monoisotopic (exact) mass is 290 g/mol. The Kier molecular flexibility index (Phi) is 3.71. The molecule has 1 aromatic heterocycles. The predicted molar refractivity (Wildman–Crippen MR) is 81.4 cm³/mol. The lowest BCUT2D eigenvalue weighted by Gasteiger charge is -2.47. The lowest BCUT2D eigenvalue weighted by atomic mass is 9.82. The molecule has 2 aliphatic rings. The molecule has 2 atom stereocenters. The van der Waals surface area contributed by atoms with Crippen LogP contribution in [0.3, 0.4) is 0 Å². The molecule has 2 bridgehead atoms. The Hall–Kier alpha value is -1.82. The van der Waals surface area contributed by atoms with Crippen LogP contribution in [0.25, 0.3) is 0 Å². The molecule has 2 saturated heterocycles. The third-order valence-electron chi connectivity index (χ3n) is 4.82. The highest BCUT2D eigenvalue weighted by Gasteiger charge is 2.36. The maximum atomic E-state index is 11.3. The Balaban J connectivity index is 1.77. The number of hydrogen-bond acceptors (Lipinski definition) is 5. The van der Waals surface area contributed by atoms with Crippen molar-refractivity contribution in [2.75, 3.05) is 18.1 Å². The van der Waals surface area contributed by atoms with Crippen molar-refractivity contribution in [3.63, 3.8) is 0 Å². The maximum absolute atomic E-state index is 11.3. The number of pyridine rings is 1. The number of piperidine rings is 2. The van der Waals surface area contributed by atoms with Gasteiger partial charge in [-0.3, -0.25) is 0 Å². The van der Waals surface area contributed by atoms with Crippen molar-refractivity contribution in [3.05, 3.63) is 17.8 Å². The second-order valence-electron chi connectivity index (χ2n) is 6.19. The van der Waals surface area contributed by atoms with E-state index in [-0.39, 0.29) is 11.6 Å². The van der Waals surface area contributed by atoms with Crippen molar-refractivity contribution in [1.29, 1.82) is 0 Å². The van der Waals surface area contributed by atoms with Crippen LogP contribution in [-0.2, 0) is 0 Å². The van der Waals surface area contributed by atoms with Gasteiger partial charge in [0.1, 0.15) is 11.4 Å². The molecule has 2 aliphatic heterocycles. The first-order valence-corrected chi connectivity index (χ1v) is 7.52. The van der Waals surface area contributed by atoms with Crippen LogP contribution >= 0.6 is 0 Å². The number of nitrogens with one attached hydrogen (secondary N) is 1. The van der Waals surface area contributed by atoms with Crippen LogP contribution in [0, 0.1) is 0 Å². The normalized spacial score (nSPS) is 29.1. The van der Waals surface area contributed by atoms with E-state index in [0.717, 1.165) is 12.8 Å². The van der Waals surface area contributed by atoms with Crippen molar-refractivity contribution >= 4 is 17.5 Å². The molecule has 0 amide bonds. The van der Waals surface area contributed by atoms with Gasteiger partial charge in [0.15, 0.2) is 0 Å². The number of aromatic carboxylic acids is 1. The summed E-state index contributed by atoms with van der Waals surface area (Å²) in [6.07, 6.45) is 7.34. The van der Waals surface area contributed by atoms with Gasteiger partial charge in [0.2, 0.25) is 0 Å². The first-order valence-electron chi connectivity index (χ1n) is 7.52. The number of nitrogens with zero attached hydrogens (tertiary/aromatic N) is 2. The van der Waals surface area contributed by atoms with Crippen LogP contribution in [0.2, 0.25) is 0 Å². The zero-order valence-electron chi connectivity index (χ0n) is 12.2. The highest BCUT2D eigenvalue weighted by atomic mass is 16.4. The van der Waals surface area contributed by atoms with E-state index in [1.165, 1.54) is 31.5 Å². The number of nitrogens with two attached hydrogens (primary N) is 1. The van der Waals surface area contributed by atoms with Gasteiger partial charge in [0.25, 0.3) is 0 Å². The lowest BCUT2D eigenvalue weighted by molar-refractivity contribution is 0.0607. The molecule has 114 valence electrons. The quantitative estimate of drug-likeness (QED) is 0.786. The summed E-state index contributed by atoms with van der Waals surface area (Å²) < 4.78 is 0. The molecule has 4 N–H and O–H groups in total. The number of aromatic nitrogens is 1. The minimum Gasteiger partial charge on any atom is -0.478 e. The molecule has 3 heterocycles. The van der Waals surface area contributed by atoms with Crippen molar-refractivity contribution in [1.82, 2.24) is 9.88 Å². The minimum atomic E-state index is -0.995. The molecule has 21 heavy (non-hydrogen) atoms. The molecule has 3 rings (SSSR count). The van der Waals surface area contributed by atoms with Crippen molar-refractivity contribution in [2.45, 2.75) is 50.2 Å². The van der Waals surface area contributed by atoms with Crippen LogP contribution in [0.5, 0.6) is 0 Å². The zero-order valence-corrected chi connectivity index (χ0v) is 12.2. The first kappa shape index (κ1) is 14.1. The third kappa shape index (κ3) is 2.81. The predicted octanol–water partition coefficient (Wildman–Crippen LogP) is 1.79. The highest BCUT2D eigenvalue weighted by molar-refractivity contribution is 5.94. The summed E-state index contributed by atoms with van der Waals surface area (Å²) in [7, 11) is 2.20. The molecule has 0 saturated carbocycles. The Morgan fingerprint density at radius 2 is 2.10 bits per heavy atom. The van der Waals surface area contributed by atoms with Crippen LogP contribution in [0.15, 0.2) is 12.3 Å². The Morgan fingerprint density at radius 3 is 2.71 bits per heavy atom. The van der Waals surface area contributed by atoms with Gasteiger partial charge < -0.3 is 21.1 Å². The fourth-order valence-electron chi connectivity index (χ4n) is 3.69. The van der Waals surface area contributed by atoms with E-state index >= 15 is 0 Å². The summed E-state index contributed by atoms with van der Waals surface area (Å²) in [4.78, 5) is 18.0. The van der Waals surface area contributed by atoms with Gasteiger partial charge >= 0.3 is 5.97 Å². The van der Waals surface area contributed by atoms with E-state index in [0.29, 0.717) is 23.6 Å². The van der Waals surface area contributed by atoms with E-state index in [1.807, 2.05) is 0 Å². The van der Waals surface area contributed by atoms with Gasteiger partial charge in [0.05, 0.1) is 11.9 Å². The molecular weight excluding hydrogens is 268 g/mol. The van der Waals surface area contributed by atoms with E-state index < -0.39 is 5.97 Å². The summed E-state index contributed by atoms with van der Waals surface area (Å²) in [5, 5.41) is 12.6. The number of hydrogen-bond donors (Lipinski definition) is 3. The highest BCUT2D eigenvalue weighted by Crippen LogP contribution is 2.34. The van der Waals surface area contributed by atoms with E-state index in [2.05, 4.69) is 22.2 Å². The number of anilines is 2. The molecule has 6 nitrogen and oxygen atoms in total. The SMILES string of the molecule is CN1C2CCCC1CC(Nc1ncc(N)cc1C(=O)O)C2. The summed E-state index contributed by atoms with van der Waals surface area (Å²) in [5.74, 6) is -0.560. The van der Waals surface area contributed by atoms with Crippen molar-refractivity contribution < 1.29 is 9.90 Å². The van der Waals surface area contributed by atoms with Gasteiger partial charge in [-0.05, 0) is 38.8 Å². The molecule has 0 spiro atoms. The van der Waals surface area contributed by atoms with Gasteiger partial charge in [0, 0.05) is 18.1 Å². The lowest BCUT2D eigenvalue weighted by Crippen LogP contribution is -2.52. The number of carboxylic acids is 1. The van der Waals surface area contributed by atoms with Gasteiger partial charge in [-0.15, -0.1) is 0 Å². The minimum absolute atomic E-state index is 0.152. The number of carbonyl (C=O) groups is 1. The summed E-state index contributed by atoms with van der Waals surface area (Å²) in [5.41, 5.74) is 6.16. The largest absolute Gasteiger partial charge is 0.478 e. The molecule has 1 aromatic rings. The molecule has 2 unspecified atom stereocenters. The molecule has 0 aromatic carbocycles. The standard InChI is InChI=1S/C15H22N4O2/c1-19-11-3-2-4-12(19)7-10(6-11)18-14-13(15(20)21)5-9(16)8-17-14/h5,8,10-12H,2-4,6-7,16H2,1H3,(H,17,18)(H,20,21).